The van der Waals surface area contributed by atoms with E-state index < -0.39 is 0 Å². The van der Waals surface area contributed by atoms with Crippen molar-refractivity contribution in [3.05, 3.63) is 5.92 Å². The minimum atomic E-state index is 0.873. The molecule has 0 aromatic rings. The highest BCUT2D eigenvalue weighted by atomic mass is 32.1. The van der Waals surface area contributed by atoms with Crippen LogP contribution in [0.2, 0.25) is 0 Å². The highest BCUT2D eigenvalue weighted by molar-refractivity contribution is 7.79. The summed E-state index contributed by atoms with van der Waals surface area (Å²) >= 11 is 4.72. The topological polar surface area (TPSA) is 0 Å². The van der Waals surface area contributed by atoms with Gasteiger partial charge in [-0.1, -0.05) is 25.6 Å². The molecule has 1 aliphatic carbocycles. The summed E-state index contributed by atoms with van der Waals surface area (Å²) in [6.07, 6.45) is 2.56. The second-order valence-electron chi connectivity index (χ2n) is 2.00. The molecule has 0 aliphatic heterocycles. The van der Waals surface area contributed by atoms with E-state index in [2.05, 4.69) is 6.92 Å². The molecule has 1 aliphatic rings. The van der Waals surface area contributed by atoms with Crippen LogP contribution >= 0.6 is 12.2 Å². The van der Waals surface area contributed by atoms with Gasteiger partial charge in [0.1, 0.15) is 0 Å². The lowest BCUT2D eigenvalue weighted by Crippen LogP contribution is -1.73. The van der Waals surface area contributed by atoms with Gasteiger partial charge in [-0.15, -0.1) is 0 Å². The Morgan fingerprint density at radius 3 is 2.86 bits per heavy atom. The minimum absolute atomic E-state index is 0.873. The number of rotatable bonds is 2. The van der Waals surface area contributed by atoms with Crippen LogP contribution in [-0.4, -0.2) is 5.37 Å². The Labute approximate surface area is 49.9 Å². The van der Waals surface area contributed by atoms with Gasteiger partial charge < -0.3 is 0 Å². The zero-order chi connectivity index (χ0) is 5.28. The Bertz CT molecular complexity index is 78.2. The highest BCUT2D eigenvalue weighted by Crippen LogP contribution is 2.41. The van der Waals surface area contributed by atoms with Gasteiger partial charge in [-0.2, -0.15) is 0 Å². The quantitative estimate of drug-likeness (QED) is 0.493. The molecule has 0 N–H and O–H groups in total. The molecule has 39 valence electrons. The predicted molar refractivity (Wildman–Crippen MR) is 35.3 cm³/mol. The van der Waals surface area contributed by atoms with E-state index in [0.29, 0.717) is 0 Å². The summed E-state index contributed by atoms with van der Waals surface area (Å²) in [4.78, 5) is 0. The van der Waals surface area contributed by atoms with Crippen LogP contribution in [0.1, 0.15) is 19.8 Å². The Hall–Kier alpha value is 0.0900. The lowest BCUT2D eigenvalue weighted by atomic mass is 10.3. The number of hydrogen-bond donors (Lipinski definition) is 0. The zero-order valence-corrected chi connectivity index (χ0v) is 5.29. The molecule has 0 spiro atoms. The van der Waals surface area contributed by atoms with Crippen LogP contribution in [0.3, 0.4) is 0 Å². The molecule has 1 heteroatoms. The molecule has 0 saturated heterocycles. The average Bonchev–Trinajstić information content (AvgIpc) is 2.43. The van der Waals surface area contributed by atoms with Crippen LogP contribution in [0.4, 0.5) is 0 Å². The fourth-order valence-electron chi connectivity index (χ4n) is 0.776. The monoisotopic (exact) mass is 113 g/mol. The molecule has 1 rings (SSSR count). The molecule has 0 amide bonds. The third-order valence-corrected chi connectivity index (χ3v) is 1.79. The molecule has 0 heterocycles. The Morgan fingerprint density at radius 2 is 2.71 bits per heavy atom. The van der Waals surface area contributed by atoms with Crippen LogP contribution in [-0.2, 0) is 0 Å². The van der Waals surface area contributed by atoms with Crippen LogP contribution in [0.5, 0.6) is 0 Å². The summed E-state index contributed by atoms with van der Waals surface area (Å²) in [5, 5.41) is 1.83. The van der Waals surface area contributed by atoms with Crippen LogP contribution in [0.15, 0.2) is 0 Å². The standard InChI is InChI=1S/C6H9S/c1-2-5-3-6(5)4-7/h4-5H,2-3H2,1H3. The SMILES string of the molecule is CCC1C[C]1C=S. The van der Waals surface area contributed by atoms with E-state index in [4.69, 9.17) is 12.2 Å². The molecule has 1 unspecified atom stereocenters. The van der Waals surface area contributed by atoms with Crippen LogP contribution in [0.25, 0.3) is 0 Å². The van der Waals surface area contributed by atoms with Crippen molar-refractivity contribution < 1.29 is 0 Å². The van der Waals surface area contributed by atoms with E-state index >= 15 is 0 Å². The molecule has 1 radical (unpaired) electrons. The van der Waals surface area contributed by atoms with Crippen LogP contribution < -0.4 is 0 Å². The van der Waals surface area contributed by atoms with Crippen molar-refractivity contribution in [3.8, 4) is 0 Å². The van der Waals surface area contributed by atoms with Gasteiger partial charge in [-0.05, 0) is 17.7 Å². The maximum absolute atomic E-state index is 4.72. The smallest absolute Gasteiger partial charge is 0.0120 e. The van der Waals surface area contributed by atoms with Gasteiger partial charge in [0, 0.05) is 5.92 Å². The molecule has 0 nitrogen and oxygen atoms in total. The molecule has 0 aromatic heterocycles. The molecule has 1 atom stereocenters. The third kappa shape index (κ3) is 1.00. The first-order valence-electron chi connectivity index (χ1n) is 2.69. The Balaban J connectivity index is 2.17. The largest absolute Gasteiger partial charge is 0.0928 e. The maximum atomic E-state index is 4.72. The summed E-state index contributed by atoms with van der Waals surface area (Å²) in [6.45, 7) is 2.20. The van der Waals surface area contributed by atoms with Crippen molar-refractivity contribution in [1.29, 1.82) is 0 Å². The van der Waals surface area contributed by atoms with Gasteiger partial charge in [0.2, 0.25) is 0 Å². The summed E-state index contributed by atoms with van der Waals surface area (Å²) in [5.41, 5.74) is 0. The molecular weight excluding hydrogens is 104 g/mol. The minimum Gasteiger partial charge on any atom is -0.0928 e. The first kappa shape index (κ1) is 5.23. The first-order valence-corrected chi connectivity index (χ1v) is 3.16. The summed E-state index contributed by atoms with van der Waals surface area (Å²) in [5.74, 6) is 2.36. The van der Waals surface area contributed by atoms with Gasteiger partial charge in [0.25, 0.3) is 0 Å². The summed E-state index contributed by atoms with van der Waals surface area (Å²) in [6, 6.07) is 0. The Kier molecular flexibility index (Phi) is 1.43. The van der Waals surface area contributed by atoms with Gasteiger partial charge in [0.15, 0.2) is 0 Å². The van der Waals surface area contributed by atoms with Gasteiger partial charge in [-0.3, -0.25) is 0 Å². The summed E-state index contributed by atoms with van der Waals surface area (Å²) < 4.78 is 0. The molecule has 0 aromatic carbocycles. The number of thiocarbonyl (C=S) groups is 1. The van der Waals surface area contributed by atoms with Gasteiger partial charge in [0.05, 0.1) is 0 Å². The van der Waals surface area contributed by atoms with E-state index in [0.717, 1.165) is 5.92 Å². The van der Waals surface area contributed by atoms with Crippen molar-refractivity contribution in [1.82, 2.24) is 0 Å². The normalized spacial score (nSPS) is 30.1. The van der Waals surface area contributed by atoms with Crippen molar-refractivity contribution in [2.75, 3.05) is 0 Å². The molecular formula is C6H9S. The average molecular weight is 113 g/mol. The fraction of sp³-hybridized carbons (Fsp3) is 0.667. The van der Waals surface area contributed by atoms with Crippen molar-refractivity contribution in [3.63, 3.8) is 0 Å². The highest BCUT2D eigenvalue weighted by Gasteiger charge is 2.33. The van der Waals surface area contributed by atoms with Crippen molar-refractivity contribution in [2.24, 2.45) is 5.92 Å². The van der Waals surface area contributed by atoms with E-state index in [-0.39, 0.29) is 0 Å². The zero-order valence-electron chi connectivity index (χ0n) is 4.48. The third-order valence-electron chi connectivity index (χ3n) is 1.49. The molecule has 1 saturated carbocycles. The van der Waals surface area contributed by atoms with Gasteiger partial charge >= 0.3 is 0 Å². The predicted octanol–water partition coefficient (Wildman–Crippen LogP) is 1.99. The lowest BCUT2D eigenvalue weighted by molar-refractivity contribution is 0.819. The first-order chi connectivity index (χ1) is 3.38. The maximum Gasteiger partial charge on any atom is 0.0120 e. The molecule has 1 fully saturated rings. The van der Waals surface area contributed by atoms with E-state index in [1.807, 2.05) is 5.37 Å². The van der Waals surface area contributed by atoms with E-state index in [1.54, 1.807) is 0 Å². The Morgan fingerprint density at radius 1 is 2.00 bits per heavy atom. The second kappa shape index (κ2) is 1.91. The lowest BCUT2D eigenvalue weighted by Gasteiger charge is -1.79. The van der Waals surface area contributed by atoms with E-state index in [1.165, 1.54) is 18.8 Å². The van der Waals surface area contributed by atoms with Crippen LogP contribution in [0, 0.1) is 11.8 Å². The van der Waals surface area contributed by atoms with Crippen molar-refractivity contribution in [2.45, 2.75) is 19.8 Å². The molecule has 7 heavy (non-hydrogen) atoms. The van der Waals surface area contributed by atoms with E-state index in [9.17, 15) is 0 Å². The second-order valence-corrected chi connectivity index (χ2v) is 2.24. The fourth-order valence-corrected chi connectivity index (χ4v) is 1.07. The summed E-state index contributed by atoms with van der Waals surface area (Å²) in [7, 11) is 0. The molecule has 0 bridgehead atoms. The number of hydrogen-bond acceptors (Lipinski definition) is 1. The van der Waals surface area contributed by atoms with Crippen molar-refractivity contribution >= 4 is 17.6 Å². The van der Waals surface area contributed by atoms with Gasteiger partial charge in [-0.25, -0.2) is 0 Å².